The van der Waals surface area contributed by atoms with E-state index in [-0.39, 0.29) is 10.9 Å². The second-order valence-electron chi connectivity index (χ2n) is 6.40. The van der Waals surface area contributed by atoms with Gasteiger partial charge in [-0.05, 0) is 29.2 Å². The van der Waals surface area contributed by atoms with E-state index in [9.17, 15) is 14.7 Å². The van der Waals surface area contributed by atoms with Gasteiger partial charge in [0.15, 0.2) is 0 Å². The fourth-order valence-electron chi connectivity index (χ4n) is 3.25. The summed E-state index contributed by atoms with van der Waals surface area (Å²) in [5.74, 6) is -1.04. The van der Waals surface area contributed by atoms with Crippen molar-refractivity contribution in [1.29, 1.82) is 0 Å². The molecule has 0 saturated carbocycles. The molecule has 5 nitrogen and oxygen atoms in total. The number of rotatable bonds is 3. The first-order valence-electron chi connectivity index (χ1n) is 8.67. The topological polar surface area (TPSA) is 69.6 Å². The Bertz CT molecular complexity index is 998. The summed E-state index contributed by atoms with van der Waals surface area (Å²) in [5, 5.41) is 12.3. The lowest BCUT2D eigenvalue weighted by atomic mass is 10.0. The molecule has 0 bridgehead atoms. The number of carbonyl (C=O) groups is 2. The molecule has 3 aromatic rings. The van der Waals surface area contributed by atoms with Gasteiger partial charge in [0.25, 0.3) is 0 Å². The van der Waals surface area contributed by atoms with Gasteiger partial charge >= 0.3 is 12.0 Å². The molecule has 2 heterocycles. The van der Waals surface area contributed by atoms with Gasteiger partial charge in [0.2, 0.25) is 0 Å². The maximum absolute atomic E-state index is 12.7. The van der Waals surface area contributed by atoms with Crippen molar-refractivity contribution in [2.75, 3.05) is 11.9 Å². The molecule has 6 heteroatoms. The van der Waals surface area contributed by atoms with Crippen LogP contribution in [0.1, 0.15) is 20.8 Å². The number of aromatic carboxylic acids is 1. The zero-order valence-electron chi connectivity index (χ0n) is 14.5. The van der Waals surface area contributed by atoms with Crippen molar-refractivity contribution >= 4 is 29.0 Å². The minimum absolute atomic E-state index is 0.139. The fraction of sp³-hybridized carbons (Fsp3) is 0.143. The fourth-order valence-corrected chi connectivity index (χ4v) is 4.21. The Hall–Kier alpha value is -3.12. The monoisotopic (exact) mass is 378 g/mol. The van der Waals surface area contributed by atoms with Gasteiger partial charge in [-0.15, -0.1) is 11.3 Å². The van der Waals surface area contributed by atoms with E-state index in [1.54, 1.807) is 11.0 Å². The Kier molecular flexibility index (Phi) is 4.64. The molecule has 0 aliphatic carbocycles. The summed E-state index contributed by atoms with van der Waals surface area (Å²) in [6.45, 7) is 1.14. The third-order valence-electron chi connectivity index (χ3n) is 4.64. The van der Waals surface area contributed by atoms with E-state index in [1.807, 2.05) is 48.5 Å². The Morgan fingerprint density at radius 1 is 1.00 bits per heavy atom. The second kappa shape index (κ2) is 7.25. The normalized spacial score (nSPS) is 13.1. The van der Waals surface area contributed by atoms with Crippen LogP contribution in [0.5, 0.6) is 0 Å². The van der Waals surface area contributed by atoms with Crippen LogP contribution >= 0.6 is 11.3 Å². The van der Waals surface area contributed by atoms with E-state index < -0.39 is 5.97 Å². The van der Waals surface area contributed by atoms with Crippen LogP contribution in [0, 0.1) is 0 Å². The smallest absolute Gasteiger partial charge is 0.348 e. The minimum Gasteiger partial charge on any atom is -0.477 e. The Morgan fingerprint density at radius 3 is 2.44 bits per heavy atom. The summed E-state index contributed by atoms with van der Waals surface area (Å²) in [6.07, 6.45) is 0.800. The van der Waals surface area contributed by atoms with Crippen LogP contribution in [0.15, 0.2) is 60.7 Å². The number of thiophene rings is 1. The molecular weight excluding hydrogens is 360 g/mol. The number of nitrogens with zero attached hydrogens (tertiary/aromatic N) is 1. The van der Waals surface area contributed by atoms with Crippen LogP contribution in [0.25, 0.3) is 10.4 Å². The van der Waals surface area contributed by atoms with E-state index in [1.165, 1.54) is 16.9 Å². The van der Waals surface area contributed by atoms with E-state index in [0.29, 0.717) is 18.8 Å². The number of fused-ring (bicyclic) bond motifs is 1. The van der Waals surface area contributed by atoms with Crippen LogP contribution in [-0.4, -0.2) is 28.6 Å². The predicted molar refractivity (Wildman–Crippen MR) is 106 cm³/mol. The molecule has 0 atom stereocenters. The molecular formula is C21H18N2O3S. The third kappa shape index (κ3) is 3.57. The molecule has 0 radical (unpaired) electrons. The number of benzene rings is 2. The van der Waals surface area contributed by atoms with E-state index in [4.69, 9.17) is 0 Å². The average Bonchev–Trinajstić information content (AvgIpc) is 3.12. The van der Waals surface area contributed by atoms with Crippen LogP contribution in [0.4, 0.5) is 10.5 Å². The number of amides is 2. The zero-order chi connectivity index (χ0) is 18.8. The van der Waals surface area contributed by atoms with Gasteiger partial charge < -0.3 is 15.3 Å². The first kappa shape index (κ1) is 17.3. The quantitative estimate of drug-likeness (QED) is 0.694. The number of carboxylic acid groups (broad SMARTS) is 1. The first-order chi connectivity index (χ1) is 13.1. The van der Waals surface area contributed by atoms with Crippen molar-refractivity contribution in [3.8, 4) is 10.4 Å². The van der Waals surface area contributed by atoms with Crippen LogP contribution in [0.2, 0.25) is 0 Å². The van der Waals surface area contributed by atoms with Crippen LogP contribution in [-0.2, 0) is 13.0 Å². The van der Waals surface area contributed by atoms with Gasteiger partial charge in [0.05, 0.1) is 5.69 Å². The molecule has 2 aromatic carbocycles. The molecule has 4 rings (SSSR count). The van der Waals surface area contributed by atoms with Gasteiger partial charge in [0, 0.05) is 18.0 Å². The predicted octanol–water partition coefficient (Wildman–Crippen LogP) is 4.70. The van der Waals surface area contributed by atoms with Gasteiger partial charge in [-0.2, -0.15) is 0 Å². The zero-order valence-corrected chi connectivity index (χ0v) is 15.3. The minimum atomic E-state index is -1.04. The molecule has 27 heavy (non-hydrogen) atoms. The molecule has 0 fully saturated rings. The summed E-state index contributed by atoms with van der Waals surface area (Å²) in [6, 6.07) is 19.1. The molecule has 1 aromatic heterocycles. The highest BCUT2D eigenvalue weighted by atomic mass is 32.1. The van der Waals surface area contributed by atoms with E-state index in [0.717, 1.165) is 22.4 Å². The number of carboxylic acids is 1. The number of urea groups is 1. The lowest BCUT2D eigenvalue weighted by Crippen LogP contribution is -2.39. The summed E-state index contributed by atoms with van der Waals surface area (Å²) in [4.78, 5) is 27.0. The lowest BCUT2D eigenvalue weighted by molar-refractivity contribution is 0.0703. The lowest BCUT2D eigenvalue weighted by Gasteiger charge is -2.28. The second-order valence-corrected chi connectivity index (χ2v) is 7.45. The summed E-state index contributed by atoms with van der Waals surface area (Å²) in [7, 11) is 0. The summed E-state index contributed by atoms with van der Waals surface area (Å²) in [5.41, 5.74) is 3.66. The number of hydrogen-bond donors (Lipinski definition) is 2. The highest BCUT2D eigenvalue weighted by Crippen LogP contribution is 2.35. The van der Waals surface area contributed by atoms with Crippen LogP contribution in [0.3, 0.4) is 0 Å². The van der Waals surface area contributed by atoms with Crippen molar-refractivity contribution in [1.82, 2.24) is 4.90 Å². The molecule has 0 saturated heterocycles. The maximum Gasteiger partial charge on any atom is 0.348 e. The van der Waals surface area contributed by atoms with Gasteiger partial charge in [0.1, 0.15) is 4.88 Å². The molecule has 0 spiro atoms. The Morgan fingerprint density at radius 2 is 1.70 bits per heavy atom. The Balaban J connectivity index is 1.56. The van der Waals surface area contributed by atoms with Crippen molar-refractivity contribution in [2.45, 2.75) is 13.0 Å². The van der Waals surface area contributed by atoms with Crippen molar-refractivity contribution in [2.24, 2.45) is 0 Å². The highest BCUT2D eigenvalue weighted by Gasteiger charge is 2.23. The number of carbonyl (C=O) groups excluding carboxylic acids is 1. The third-order valence-corrected chi connectivity index (χ3v) is 5.82. The summed E-state index contributed by atoms with van der Waals surface area (Å²) >= 11 is 1.17. The van der Waals surface area contributed by atoms with Gasteiger partial charge in [-0.3, -0.25) is 0 Å². The molecule has 0 unspecified atom stereocenters. The Labute approximate surface area is 160 Å². The SMILES string of the molecule is O=C(O)c1sc(-c2ccccc2)cc1NC(=O)N1CCc2ccccc2C1. The largest absolute Gasteiger partial charge is 0.477 e. The molecule has 1 aliphatic rings. The number of hydrogen-bond acceptors (Lipinski definition) is 3. The highest BCUT2D eigenvalue weighted by molar-refractivity contribution is 7.18. The number of anilines is 1. The van der Waals surface area contributed by atoms with E-state index in [2.05, 4.69) is 11.4 Å². The van der Waals surface area contributed by atoms with Gasteiger partial charge in [-0.25, -0.2) is 9.59 Å². The maximum atomic E-state index is 12.7. The van der Waals surface area contributed by atoms with E-state index >= 15 is 0 Å². The first-order valence-corrected chi connectivity index (χ1v) is 9.49. The standard InChI is InChI=1S/C21H18N2O3S/c24-20(25)19-17(12-18(27-19)15-7-2-1-3-8-15)22-21(26)23-11-10-14-6-4-5-9-16(14)13-23/h1-9,12H,10-11,13H2,(H,22,26)(H,24,25). The van der Waals surface area contributed by atoms with Crippen molar-refractivity contribution in [3.63, 3.8) is 0 Å². The van der Waals surface area contributed by atoms with Crippen molar-refractivity contribution in [3.05, 3.63) is 76.7 Å². The van der Waals surface area contributed by atoms with Crippen LogP contribution < -0.4 is 5.32 Å². The average molecular weight is 378 g/mol. The molecule has 1 aliphatic heterocycles. The molecule has 2 amide bonds. The molecule has 136 valence electrons. The molecule has 2 N–H and O–H groups in total. The van der Waals surface area contributed by atoms with Gasteiger partial charge in [-0.1, -0.05) is 54.6 Å². The summed E-state index contributed by atoms with van der Waals surface area (Å²) < 4.78 is 0. The number of nitrogens with one attached hydrogen (secondary N) is 1. The van der Waals surface area contributed by atoms with Crippen molar-refractivity contribution < 1.29 is 14.7 Å².